The van der Waals surface area contributed by atoms with Gasteiger partial charge in [0.15, 0.2) is 0 Å². The Bertz CT molecular complexity index is 1530. The molecule has 1 heterocycles. The van der Waals surface area contributed by atoms with Crippen molar-refractivity contribution in [1.29, 1.82) is 5.26 Å². The van der Waals surface area contributed by atoms with Crippen molar-refractivity contribution < 1.29 is 32.3 Å². The fourth-order valence-corrected chi connectivity index (χ4v) is 4.88. The highest BCUT2D eigenvalue weighted by molar-refractivity contribution is 6.30. The van der Waals surface area contributed by atoms with E-state index in [2.05, 4.69) is 15.2 Å². The minimum atomic E-state index is -4.88. The molecule has 1 aliphatic heterocycles. The lowest BCUT2D eigenvalue weighted by Crippen LogP contribution is -2.39. The van der Waals surface area contributed by atoms with Crippen molar-refractivity contribution in [3.63, 3.8) is 0 Å². The monoisotopic (exact) mass is 600 g/mol. The Morgan fingerprint density at radius 3 is 2.50 bits per heavy atom. The van der Waals surface area contributed by atoms with Gasteiger partial charge in [-0.15, -0.1) is 13.2 Å². The average Bonchev–Trinajstić information content (AvgIpc) is 3.20. The summed E-state index contributed by atoms with van der Waals surface area (Å²) < 4.78 is 48.6. The van der Waals surface area contributed by atoms with Crippen LogP contribution in [0.2, 0.25) is 5.02 Å². The van der Waals surface area contributed by atoms with Crippen LogP contribution in [0, 0.1) is 11.3 Å². The Morgan fingerprint density at radius 1 is 1.14 bits per heavy atom. The second-order valence-corrected chi connectivity index (χ2v) is 10.7. The molecular formula is C30H28ClF3N4O4. The molecule has 0 bridgehead atoms. The number of alkyl halides is 3. The number of fused-ring (bicyclic) bond motifs is 1. The molecule has 0 aromatic heterocycles. The predicted octanol–water partition coefficient (Wildman–Crippen LogP) is 6.99. The first-order chi connectivity index (χ1) is 19.8. The molecule has 1 N–H and O–H groups in total. The van der Waals surface area contributed by atoms with Crippen molar-refractivity contribution in [2.45, 2.75) is 38.6 Å². The molecule has 0 spiro atoms. The summed E-state index contributed by atoms with van der Waals surface area (Å²) in [6.07, 6.45) is -4.88. The summed E-state index contributed by atoms with van der Waals surface area (Å²) >= 11 is 6.12. The molecule has 0 radical (unpaired) electrons. The van der Waals surface area contributed by atoms with E-state index in [-0.39, 0.29) is 13.2 Å². The van der Waals surface area contributed by atoms with E-state index in [1.165, 1.54) is 24.1 Å². The Balaban J connectivity index is 1.75. The van der Waals surface area contributed by atoms with Crippen LogP contribution in [0.5, 0.6) is 11.5 Å². The van der Waals surface area contributed by atoms with E-state index in [4.69, 9.17) is 26.4 Å². The number of carbonyl (C=O) groups excluding carboxylic acids is 1. The molecule has 0 aliphatic carbocycles. The van der Waals surface area contributed by atoms with Crippen LogP contribution in [-0.4, -0.2) is 38.2 Å². The fourth-order valence-electron chi connectivity index (χ4n) is 4.75. The zero-order valence-electron chi connectivity index (χ0n) is 23.3. The molecule has 3 aromatic rings. The fraction of sp³-hybridized carbons (Fsp3) is 0.300. The molecule has 8 nitrogen and oxygen atoms in total. The van der Waals surface area contributed by atoms with E-state index in [1.54, 1.807) is 55.5 Å². The smallest absolute Gasteiger partial charge is 0.497 e. The van der Waals surface area contributed by atoms with Crippen molar-refractivity contribution >= 4 is 34.6 Å². The van der Waals surface area contributed by atoms with Crippen LogP contribution in [0.3, 0.4) is 0 Å². The number of carbonyl (C=O) groups is 1. The molecule has 1 atom stereocenters. The maximum Gasteiger partial charge on any atom is 0.573 e. The van der Waals surface area contributed by atoms with E-state index in [1.807, 2.05) is 19.9 Å². The van der Waals surface area contributed by atoms with Gasteiger partial charge in [-0.3, -0.25) is 4.79 Å². The molecule has 1 unspecified atom stereocenters. The molecule has 12 heteroatoms. The summed E-state index contributed by atoms with van der Waals surface area (Å²) in [7, 11) is 1.49. The minimum absolute atomic E-state index is 0.219. The molecule has 0 saturated heterocycles. The summed E-state index contributed by atoms with van der Waals surface area (Å²) in [4.78, 5) is 20.7. The second kappa shape index (κ2) is 12.2. The maximum atomic E-state index is 14.3. The van der Waals surface area contributed by atoms with Gasteiger partial charge in [-0.05, 0) is 48.4 Å². The number of oxime groups is 1. The Morgan fingerprint density at radius 2 is 1.86 bits per heavy atom. The van der Waals surface area contributed by atoms with Crippen molar-refractivity contribution in [3.05, 3.63) is 82.4 Å². The summed E-state index contributed by atoms with van der Waals surface area (Å²) in [6, 6.07) is 16.8. The Kier molecular flexibility index (Phi) is 8.87. The number of amides is 1. The van der Waals surface area contributed by atoms with Crippen molar-refractivity contribution in [2.75, 3.05) is 30.5 Å². The molecule has 4 rings (SSSR count). The van der Waals surface area contributed by atoms with Crippen LogP contribution >= 0.6 is 11.6 Å². The van der Waals surface area contributed by atoms with Gasteiger partial charge in [-0.25, -0.2) is 0 Å². The summed E-state index contributed by atoms with van der Waals surface area (Å²) in [6.45, 7) is 5.54. The van der Waals surface area contributed by atoms with Crippen molar-refractivity contribution in [1.82, 2.24) is 0 Å². The number of anilines is 2. The first-order valence-corrected chi connectivity index (χ1v) is 13.2. The van der Waals surface area contributed by atoms with E-state index in [0.717, 1.165) is 0 Å². The molecule has 42 heavy (non-hydrogen) atoms. The number of halogens is 4. The number of benzene rings is 3. The highest BCUT2D eigenvalue weighted by Crippen LogP contribution is 2.44. The number of nitrogens with zero attached hydrogens (tertiary/aromatic N) is 3. The quantitative estimate of drug-likeness (QED) is 0.162. The number of ether oxygens (including phenoxy) is 2. The number of hydrogen-bond donors (Lipinski definition) is 1. The van der Waals surface area contributed by atoms with Crippen LogP contribution in [0.4, 0.5) is 24.5 Å². The zero-order chi connectivity index (χ0) is 30.7. The minimum Gasteiger partial charge on any atom is -0.497 e. The molecule has 220 valence electrons. The summed E-state index contributed by atoms with van der Waals surface area (Å²) in [5.41, 5.74) is 2.66. The number of nitrogens with one attached hydrogen (secondary N) is 1. The Labute approximate surface area is 246 Å². The number of methoxy groups -OCH3 is 1. The van der Waals surface area contributed by atoms with Crippen LogP contribution in [0.1, 0.15) is 43.5 Å². The number of rotatable bonds is 9. The topological polar surface area (TPSA) is 96.2 Å². The largest absolute Gasteiger partial charge is 0.573 e. The third-order valence-electron chi connectivity index (χ3n) is 6.69. The van der Waals surface area contributed by atoms with Gasteiger partial charge < -0.3 is 24.5 Å². The van der Waals surface area contributed by atoms with Gasteiger partial charge >= 0.3 is 6.36 Å². The summed E-state index contributed by atoms with van der Waals surface area (Å²) in [5.74, 6) is -0.354. The first kappa shape index (κ1) is 30.5. The van der Waals surface area contributed by atoms with E-state index in [0.29, 0.717) is 44.5 Å². The van der Waals surface area contributed by atoms with Gasteiger partial charge in [-0.1, -0.05) is 48.8 Å². The number of nitriles is 1. The first-order valence-electron chi connectivity index (χ1n) is 12.8. The third-order valence-corrected chi connectivity index (χ3v) is 6.95. The van der Waals surface area contributed by atoms with Crippen LogP contribution in [0.25, 0.3) is 0 Å². The van der Waals surface area contributed by atoms with Gasteiger partial charge in [0, 0.05) is 40.4 Å². The molecule has 1 amide bonds. The van der Waals surface area contributed by atoms with Gasteiger partial charge in [0.1, 0.15) is 23.6 Å². The molecular weight excluding hydrogens is 573 g/mol. The molecule has 1 aliphatic rings. The standard InChI is InChI=1S/C30H28ClF3N4O4/c1-18(37-41-12-11-35)20-13-22(15-24(14-20)40-4)36-27(19-5-7-21(31)8-6-19)28(39)38-17-29(2,3)25-10-9-23(16-26(25)38)42-30(32,33)34/h5-10,13-16,27,36H,12,17H2,1-4H3. The van der Waals surface area contributed by atoms with Gasteiger partial charge in [-0.2, -0.15) is 5.26 Å². The lowest BCUT2D eigenvalue weighted by molar-refractivity contribution is -0.274. The van der Waals surface area contributed by atoms with Crippen LogP contribution < -0.4 is 19.7 Å². The van der Waals surface area contributed by atoms with Gasteiger partial charge in [0.2, 0.25) is 6.61 Å². The van der Waals surface area contributed by atoms with E-state index >= 15 is 0 Å². The molecule has 3 aromatic carbocycles. The average molecular weight is 601 g/mol. The molecule has 0 saturated carbocycles. The van der Waals surface area contributed by atoms with Gasteiger partial charge in [0.05, 0.1) is 18.5 Å². The van der Waals surface area contributed by atoms with E-state index < -0.39 is 29.5 Å². The number of hydrogen-bond acceptors (Lipinski definition) is 7. The normalized spacial score (nSPS) is 14.9. The lowest BCUT2D eigenvalue weighted by atomic mass is 9.87. The Hall–Kier alpha value is -4.43. The predicted molar refractivity (Wildman–Crippen MR) is 153 cm³/mol. The van der Waals surface area contributed by atoms with Crippen LogP contribution in [0.15, 0.2) is 65.8 Å². The maximum absolute atomic E-state index is 14.3. The second-order valence-electron chi connectivity index (χ2n) is 10.2. The van der Waals surface area contributed by atoms with Crippen molar-refractivity contribution in [2.24, 2.45) is 5.16 Å². The zero-order valence-corrected chi connectivity index (χ0v) is 24.0. The molecule has 0 fully saturated rings. The van der Waals surface area contributed by atoms with Gasteiger partial charge in [0.25, 0.3) is 5.91 Å². The summed E-state index contributed by atoms with van der Waals surface area (Å²) in [5, 5.41) is 16.4. The van der Waals surface area contributed by atoms with Crippen molar-refractivity contribution in [3.8, 4) is 17.6 Å². The van der Waals surface area contributed by atoms with E-state index in [9.17, 15) is 18.0 Å². The third kappa shape index (κ3) is 7.06. The van der Waals surface area contributed by atoms with Crippen LogP contribution in [-0.2, 0) is 15.0 Å². The highest BCUT2D eigenvalue weighted by atomic mass is 35.5. The SMILES string of the molecule is COc1cc(NC(C(=O)N2CC(C)(C)c3ccc(OC(F)(F)F)cc32)c2ccc(Cl)cc2)cc(C(C)=NOCC#N)c1. The lowest BCUT2D eigenvalue weighted by Gasteiger charge is -2.27. The highest BCUT2D eigenvalue weighted by Gasteiger charge is 2.41.